The van der Waals surface area contributed by atoms with Gasteiger partial charge in [-0.25, -0.2) is 15.2 Å². The number of hydrogen-bond acceptors (Lipinski definition) is 7. The van der Waals surface area contributed by atoms with Gasteiger partial charge < -0.3 is 10.5 Å². The Labute approximate surface area is 136 Å². The van der Waals surface area contributed by atoms with E-state index < -0.39 is 11.7 Å². The molecule has 0 unspecified atom stereocenters. The third-order valence-corrected chi connectivity index (χ3v) is 2.91. The van der Waals surface area contributed by atoms with Crippen molar-refractivity contribution in [1.82, 2.24) is 15.4 Å². The number of nitrogens with one attached hydrogen (secondary N) is 1. The van der Waals surface area contributed by atoms with E-state index in [1.165, 1.54) is 6.20 Å². The van der Waals surface area contributed by atoms with Crippen LogP contribution in [0.5, 0.6) is 0 Å². The van der Waals surface area contributed by atoms with Gasteiger partial charge in [0, 0.05) is 18.8 Å². The highest BCUT2D eigenvalue weighted by Crippen LogP contribution is 2.15. The highest BCUT2D eigenvalue weighted by atomic mass is 16.6. The number of rotatable bonds is 7. The molecule has 1 aromatic rings. The van der Waals surface area contributed by atoms with Gasteiger partial charge in [-0.1, -0.05) is 13.8 Å². The van der Waals surface area contributed by atoms with Crippen LogP contribution in [0.25, 0.3) is 0 Å². The molecule has 1 heterocycles. The topological polar surface area (TPSA) is 117 Å². The van der Waals surface area contributed by atoms with Crippen molar-refractivity contribution in [2.24, 2.45) is 11.7 Å². The third kappa shape index (κ3) is 6.48. The van der Waals surface area contributed by atoms with E-state index in [9.17, 15) is 4.79 Å². The molecule has 0 fully saturated rings. The number of carbonyl (C=O) groups is 1. The molecule has 8 heteroatoms. The van der Waals surface area contributed by atoms with Crippen LogP contribution in [0, 0.1) is 17.2 Å². The van der Waals surface area contributed by atoms with Crippen LogP contribution in [0.4, 0.5) is 10.6 Å². The number of nitrogens with zero attached hydrogens (tertiary/aromatic N) is 4. The van der Waals surface area contributed by atoms with Gasteiger partial charge in [-0.15, -0.1) is 0 Å². The summed E-state index contributed by atoms with van der Waals surface area (Å²) in [4.78, 5) is 20.0. The predicted molar refractivity (Wildman–Crippen MR) is 86.3 cm³/mol. The van der Waals surface area contributed by atoms with Crippen molar-refractivity contribution < 1.29 is 9.53 Å². The number of nitriles is 1. The van der Waals surface area contributed by atoms with Crippen molar-refractivity contribution in [2.75, 3.05) is 18.1 Å². The summed E-state index contributed by atoms with van der Waals surface area (Å²) < 4.78 is 5.39. The fourth-order valence-corrected chi connectivity index (χ4v) is 1.90. The Morgan fingerprint density at radius 3 is 2.83 bits per heavy atom. The van der Waals surface area contributed by atoms with E-state index in [1.54, 1.807) is 24.9 Å². The zero-order valence-corrected chi connectivity index (χ0v) is 14.0. The molecule has 1 amide bonds. The Morgan fingerprint density at radius 2 is 2.26 bits per heavy atom. The van der Waals surface area contributed by atoms with Crippen LogP contribution in [0.3, 0.4) is 0 Å². The maximum Gasteiger partial charge on any atom is 0.426 e. The van der Waals surface area contributed by atoms with Crippen molar-refractivity contribution in [1.29, 1.82) is 5.26 Å². The van der Waals surface area contributed by atoms with E-state index in [0.717, 1.165) is 0 Å². The Bertz CT molecular complexity index is 567. The lowest BCUT2D eigenvalue weighted by molar-refractivity contribution is 0.0339. The average Bonchev–Trinajstić information content (AvgIpc) is 2.45. The molecule has 0 aliphatic carbocycles. The molecule has 0 saturated carbocycles. The molecule has 0 bridgehead atoms. The first-order valence-electron chi connectivity index (χ1n) is 7.48. The second-order valence-corrected chi connectivity index (χ2v) is 6.15. The van der Waals surface area contributed by atoms with Crippen molar-refractivity contribution >= 4 is 11.9 Å². The highest BCUT2D eigenvalue weighted by Gasteiger charge is 2.24. The van der Waals surface area contributed by atoms with Gasteiger partial charge in [-0.05, 0) is 32.7 Å². The van der Waals surface area contributed by atoms with Gasteiger partial charge >= 0.3 is 6.09 Å². The summed E-state index contributed by atoms with van der Waals surface area (Å²) in [5, 5.41) is 10.5. The maximum atomic E-state index is 12.1. The number of anilines is 1. The Hall–Kier alpha value is -2.40. The van der Waals surface area contributed by atoms with Crippen molar-refractivity contribution in [3.63, 3.8) is 0 Å². The smallest absolute Gasteiger partial charge is 0.426 e. The van der Waals surface area contributed by atoms with E-state index in [1.807, 2.05) is 19.9 Å². The van der Waals surface area contributed by atoms with Gasteiger partial charge in [0.05, 0.1) is 0 Å². The van der Waals surface area contributed by atoms with E-state index in [2.05, 4.69) is 15.4 Å². The molecular formula is C15H24N6O2. The maximum absolute atomic E-state index is 12.1. The second-order valence-electron chi connectivity index (χ2n) is 6.15. The van der Waals surface area contributed by atoms with E-state index in [4.69, 9.17) is 15.7 Å². The average molecular weight is 320 g/mol. The van der Waals surface area contributed by atoms with Gasteiger partial charge in [0.1, 0.15) is 11.7 Å². The summed E-state index contributed by atoms with van der Waals surface area (Å²) in [6.07, 6.45) is 1.43. The van der Waals surface area contributed by atoms with Gasteiger partial charge in [0.2, 0.25) is 5.82 Å². The minimum atomic E-state index is -0.661. The summed E-state index contributed by atoms with van der Waals surface area (Å²) in [6.45, 7) is 8.53. The SMILES string of the molecule is CC(C)CN(NC(=O)OC(C)(C)CCN)c1ccnc(C#N)n1. The first-order valence-corrected chi connectivity index (χ1v) is 7.48. The molecule has 0 aromatic carbocycles. The molecule has 1 aromatic heterocycles. The molecular weight excluding hydrogens is 296 g/mol. The Morgan fingerprint density at radius 1 is 1.57 bits per heavy atom. The standard InChI is InChI=1S/C15H24N6O2/c1-11(2)10-21(13-5-8-18-12(9-17)19-13)20-14(22)23-15(3,4)6-7-16/h5,8,11H,6-7,10,16H2,1-4H3,(H,20,22). The van der Waals surface area contributed by atoms with E-state index in [-0.39, 0.29) is 11.7 Å². The van der Waals surface area contributed by atoms with Crippen LogP contribution in [-0.2, 0) is 4.74 Å². The Balaban J connectivity index is 2.86. The second kappa shape index (κ2) is 8.29. The van der Waals surface area contributed by atoms with E-state index in [0.29, 0.717) is 25.3 Å². The van der Waals surface area contributed by atoms with Gasteiger partial charge in [-0.2, -0.15) is 10.2 Å². The van der Waals surface area contributed by atoms with Crippen LogP contribution >= 0.6 is 0 Å². The van der Waals surface area contributed by atoms with Gasteiger partial charge in [0.15, 0.2) is 5.82 Å². The summed E-state index contributed by atoms with van der Waals surface area (Å²) in [7, 11) is 0. The third-order valence-electron chi connectivity index (χ3n) is 2.91. The molecule has 0 saturated heterocycles. The number of aromatic nitrogens is 2. The molecule has 1 rings (SSSR count). The lowest BCUT2D eigenvalue weighted by atomic mass is 10.1. The normalized spacial score (nSPS) is 11.0. The predicted octanol–water partition coefficient (Wildman–Crippen LogP) is 1.58. The number of carbonyl (C=O) groups excluding carboxylic acids is 1. The zero-order chi connectivity index (χ0) is 17.5. The van der Waals surface area contributed by atoms with Crippen LogP contribution in [-0.4, -0.2) is 34.8 Å². The van der Waals surface area contributed by atoms with Crippen molar-refractivity contribution in [3.8, 4) is 6.07 Å². The molecule has 0 atom stereocenters. The minimum absolute atomic E-state index is 0.0369. The quantitative estimate of drug-likeness (QED) is 0.732. The fraction of sp³-hybridized carbons (Fsp3) is 0.600. The van der Waals surface area contributed by atoms with Crippen LogP contribution in [0.1, 0.15) is 39.9 Å². The fourth-order valence-electron chi connectivity index (χ4n) is 1.90. The number of nitrogens with two attached hydrogens (primary N) is 1. The molecule has 126 valence electrons. The molecule has 0 aliphatic heterocycles. The zero-order valence-electron chi connectivity index (χ0n) is 14.0. The van der Waals surface area contributed by atoms with Crippen molar-refractivity contribution in [3.05, 3.63) is 18.1 Å². The number of hydrazine groups is 1. The summed E-state index contributed by atoms with van der Waals surface area (Å²) >= 11 is 0. The number of hydrogen-bond donors (Lipinski definition) is 2. The monoisotopic (exact) mass is 320 g/mol. The van der Waals surface area contributed by atoms with Gasteiger partial charge in [0.25, 0.3) is 0 Å². The molecule has 0 radical (unpaired) electrons. The van der Waals surface area contributed by atoms with Crippen LogP contribution in [0.15, 0.2) is 12.3 Å². The summed E-state index contributed by atoms with van der Waals surface area (Å²) in [6, 6.07) is 3.50. The minimum Gasteiger partial charge on any atom is -0.442 e. The first kappa shape index (κ1) is 18.6. The van der Waals surface area contributed by atoms with Crippen molar-refractivity contribution in [2.45, 2.75) is 39.7 Å². The van der Waals surface area contributed by atoms with E-state index >= 15 is 0 Å². The Kier molecular flexibility index (Phi) is 6.72. The molecule has 8 nitrogen and oxygen atoms in total. The molecule has 3 N–H and O–H groups in total. The number of amides is 1. The largest absolute Gasteiger partial charge is 0.442 e. The molecule has 0 aliphatic rings. The highest BCUT2D eigenvalue weighted by molar-refractivity contribution is 5.70. The van der Waals surface area contributed by atoms with Crippen LogP contribution < -0.4 is 16.2 Å². The lowest BCUT2D eigenvalue weighted by Crippen LogP contribution is -2.47. The first-order chi connectivity index (χ1) is 10.8. The number of ether oxygens (including phenoxy) is 1. The molecule has 0 spiro atoms. The lowest BCUT2D eigenvalue weighted by Gasteiger charge is -2.29. The summed E-state index contributed by atoms with van der Waals surface area (Å²) in [5.74, 6) is 0.724. The van der Waals surface area contributed by atoms with Gasteiger partial charge in [-0.3, -0.25) is 5.01 Å². The van der Waals surface area contributed by atoms with Crippen LogP contribution in [0.2, 0.25) is 0 Å². The molecule has 23 heavy (non-hydrogen) atoms. The summed E-state index contributed by atoms with van der Waals surface area (Å²) in [5.41, 5.74) is 7.51.